The maximum absolute atomic E-state index is 12.8. The molecule has 1 fully saturated rings. The average Bonchev–Trinajstić information content (AvgIpc) is 3.29. The van der Waals surface area contributed by atoms with Gasteiger partial charge in [-0.15, -0.1) is 0 Å². The van der Waals surface area contributed by atoms with E-state index in [2.05, 4.69) is 15.0 Å². The number of thiazole rings is 1. The summed E-state index contributed by atoms with van der Waals surface area (Å²) in [4.78, 5) is 37.2. The third-order valence-corrected chi connectivity index (χ3v) is 6.69. The number of aromatic nitrogens is 3. The number of anilines is 1. The van der Waals surface area contributed by atoms with Crippen molar-refractivity contribution in [3.63, 3.8) is 0 Å². The number of piperidine rings is 1. The quantitative estimate of drug-likeness (QED) is 0.529. The first-order chi connectivity index (χ1) is 14.7. The van der Waals surface area contributed by atoms with Crippen molar-refractivity contribution in [2.75, 3.05) is 24.6 Å². The number of aromatic carboxylic acids is 1. The molecule has 3 heterocycles. The minimum atomic E-state index is -2.64. The summed E-state index contributed by atoms with van der Waals surface area (Å²) in [6.45, 7) is 3.48. The van der Waals surface area contributed by atoms with E-state index in [1.807, 2.05) is 11.8 Å². The van der Waals surface area contributed by atoms with Crippen LogP contribution >= 0.6 is 22.9 Å². The van der Waals surface area contributed by atoms with Gasteiger partial charge in [-0.2, -0.15) is 0 Å². The van der Waals surface area contributed by atoms with Crippen LogP contribution in [-0.2, 0) is 11.2 Å². The van der Waals surface area contributed by atoms with Crippen LogP contribution in [0.1, 0.15) is 51.4 Å². The lowest BCUT2D eigenvalue weighted by Crippen LogP contribution is -2.46. The molecule has 0 aromatic carbocycles. The van der Waals surface area contributed by atoms with Gasteiger partial charge in [-0.1, -0.05) is 29.9 Å². The predicted molar refractivity (Wildman–Crippen MR) is 112 cm³/mol. The highest BCUT2D eigenvalue weighted by atomic mass is 35.5. The molecule has 1 saturated heterocycles. The van der Waals surface area contributed by atoms with E-state index in [4.69, 9.17) is 16.3 Å². The fraction of sp³-hybridized carbons (Fsp3) is 0.579. The number of rotatable bonds is 9. The van der Waals surface area contributed by atoms with Crippen molar-refractivity contribution in [1.82, 2.24) is 15.0 Å². The maximum atomic E-state index is 12.8. The monoisotopic (exact) mass is 476 g/mol. The summed E-state index contributed by atoms with van der Waals surface area (Å²) in [5.41, 5.74) is 1.06. The number of H-pyrrole nitrogens is 1. The summed E-state index contributed by atoms with van der Waals surface area (Å²) < 4.78 is 31.0. The molecule has 0 aliphatic carbocycles. The number of aromatic amines is 1. The number of halogens is 3. The molecule has 2 aromatic rings. The lowest BCUT2D eigenvalue weighted by molar-refractivity contribution is -0.0500. The molecule has 0 radical (unpaired) electrons. The lowest BCUT2D eigenvalue weighted by atomic mass is 9.89. The Morgan fingerprint density at radius 1 is 1.42 bits per heavy atom. The number of carboxylic acids is 1. The van der Waals surface area contributed by atoms with Crippen LogP contribution in [0, 0.1) is 12.8 Å². The number of nitrogens with zero attached hydrogens (tertiary/aromatic N) is 3. The van der Waals surface area contributed by atoms with E-state index >= 15 is 0 Å². The highest BCUT2D eigenvalue weighted by Crippen LogP contribution is 2.32. The molecule has 0 saturated carbocycles. The normalized spacial score (nSPS) is 19.2. The molecule has 12 heteroatoms. The van der Waals surface area contributed by atoms with E-state index in [1.54, 1.807) is 6.92 Å². The molecule has 8 nitrogen and oxygen atoms in total. The van der Waals surface area contributed by atoms with Crippen LogP contribution in [0.4, 0.5) is 13.9 Å². The summed E-state index contributed by atoms with van der Waals surface area (Å²) in [6, 6.07) is 0. The van der Waals surface area contributed by atoms with Crippen molar-refractivity contribution in [1.29, 1.82) is 0 Å². The Hall–Kier alpha value is -2.11. The standard InChI is InChI=1S/C19H23ClF2N4O4S/c1-3-11-16(20)25-17(24-11)12(27)6-10-4-5-26(7-13(10)30-8-14(21)22)19-23-9(2)15(31-19)18(28)29/h10,13-14H,3-8H2,1-2H3,(H,24,25)(H,28,29)/t10-,13-/m0/s1. The molecule has 0 unspecified atom stereocenters. The van der Waals surface area contributed by atoms with E-state index in [0.717, 1.165) is 11.3 Å². The average molecular weight is 477 g/mol. The van der Waals surface area contributed by atoms with Gasteiger partial charge in [0.15, 0.2) is 21.9 Å². The number of Topliss-reactive ketones (excluding diaryl/α,β-unsaturated/α-hetero) is 1. The molecular weight excluding hydrogens is 454 g/mol. The fourth-order valence-corrected chi connectivity index (χ4v) is 4.77. The molecule has 1 aliphatic heterocycles. The number of aryl methyl sites for hydroxylation is 2. The van der Waals surface area contributed by atoms with Crippen LogP contribution in [-0.4, -0.2) is 64.0 Å². The Balaban J connectivity index is 1.73. The van der Waals surface area contributed by atoms with E-state index in [-0.39, 0.29) is 40.5 Å². The van der Waals surface area contributed by atoms with Gasteiger partial charge in [-0.3, -0.25) is 4.79 Å². The Labute approximate surface area is 186 Å². The minimum Gasteiger partial charge on any atom is -0.477 e. The van der Waals surface area contributed by atoms with Gasteiger partial charge in [0.25, 0.3) is 6.43 Å². The molecule has 0 amide bonds. The van der Waals surface area contributed by atoms with E-state index in [1.165, 1.54) is 0 Å². The molecule has 31 heavy (non-hydrogen) atoms. The number of hydrogen-bond donors (Lipinski definition) is 2. The van der Waals surface area contributed by atoms with Crippen LogP contribution < -0.4 is 4.90 Å². The van der Waals surface area contributed by atoms with E-state index in [0.29, 0.717) is 35.9 Å². The molecule has 2 atom stereocenters. The second kappa shape index (κ2) is 10.0. The third-order valence-electron chi connectivity index (χ3n) is 5.18. The SMILES string of the molecule is CCc1[nH]c(C(=O)C[C@@H]2CCN(c3nc(C)c(C(=O)O)s3)C[C@@H]2OCC(F)F)nc1Cl. The first-order valence-electron chi connectivity index (χ1n) is 9.82. The highest BCUT2D eigenvalue weighted by molar-refractivity contribution is 7.17. The van der Waals surface area contributed by atoms with Crippen molar-refractivity contribution >= 4 is 39.8 Å². The van der Waals surface area contributed by atoms with E-state index in [9.17, 15) is 23.5 Å². The molecule has 1 aliphatic rings. The van der Waals surface area contributed by atoms with Crippen molar-refractivity contribution in [2.45, 2.75) is 45.6 Å². The Bertz CT molecular complexity index is 951. The summed E-state index contributed by atoms with van der Waals surface area (Å²) >= 11 is 7.05. The van der Waals surface area contributed by atoms with Gasteiger partial charge in [0.2, 0.25) is 0 Å². The molecule has 170 valence electrons. The van der Waals surface area contributed by atoms with Gasteiger partial charge in [-0.05, 0) is 25.7 Å². The molecule has 0 bridgehead atoms. The number of nitrogens with one attached hydrogen (secondary N) is 1. The topological polar surface area (TPSA) is 108 Å². The van der Waals surface area contributed by atoms with Crippen molar-refractivity contribution < 1.29 is 28.2 Å². The molecular formula is C19H23ClF2N4O4S. The van der Waals surface area contributed by atoms with Crippen molar-refractivity contribution in [3.05, 3.63) is 27.2 Å². The number of carbonyl (C=O) groups is 2. The second-order valence-electron chi connectivity index (χ2n) is 7.31. The van der Waals surface area contributed by atoms with Crippen molar-refractivity contribution in [2.24, 2.45) is 5.92 Å². The summed E-state index contributed by atoms with van der Waals surface area (Å²) in [5, 5.41) is 10.00. The zero-order valence-electron chi connectivity index (χ0n) is 17.0. The lowest BCUT2D eigenvalue weighted by Gasteiger charge is -2.38. The summed E-state index contributed by atoms with van der Waals surface area (Å²) in [6.07, 6.45) is -2.10. The Kier molecular flexibility index (Phi) is 7.60. The molecule has 2 N–H and O–H groups in total. The number of alkyl halides is 2. The first-order valence-corrected chi connectivity index (χ1v) is 11.0. The van der Waals surface area contributed by atoms with E-state index < -0.39 is 25.1 Å². The van der Waals surface area contributed by atoms with Crippen LogP contribution in [0.2, 0.25) is 5.15 Å². The van der Waals surface area contributed by atoms with Crippen molar-refractivity contribution in [3.8, 4) is 0 Å². The third kappa shape index (κ3) is 5.58. The summed E-state index contributed by atoms with van der Waals surface area (Å²) in [7, 11) is 0. The highest BCUT2D eigenvalue weighted by Gasteiger charge is 2.34. The van der Waals surface area contributed by atoms with Crippen LogP contribution in [0.5, 0.6) is 0 Å². The maximum Gasteiger partial charge on any atom is 0.347 e. The van der Waals surface area contributed by atoms with Crippen LogP contribution in [0.15, 0.2) is 0 Å². The van der Waals surface area contributed by atoms with Gasteiger partial charge < -0.3 is 19.7 Å². The molecule has 0 spiro atoms. The first kappa shape index (κ1) is 23.6. The Morgan fingerprint density at radius 2 is 2.16 bits per heavy atom. The largest absolute Gasteiger partial charge is 0.477 e. The second-order valence-corrected chi connectivity index (χ2v) is 8.64. The Morgan fingerprint density at radius 3 is 2.74 bits per heavy atom. The van der Waals surface area contributed by atoms with Crippen LogP contribution in [0.3, 0.4) is 0 Å². The molecule has 2 aromatic heterocycles. The zero-order valence-corrected chi connectivity index (χ0v) is 18.6. The number of imidazole rings is 1. The smallest absolute Gasteiger partial charge is 0.347 e. The number of carboxylic acid groups (broad SMARTS) is 1. The van der Waals surface area contributed by atoms with Gasteiger partial charge in [-0.25, -0.2) is 23.5 Å². The van der Waals surface area contributed by atoms with Gasteiger partial charge in [0.05, 0.1) is 17.5 Å². The zero-order chi connectivity index (χ0) is 22.7. The number of carbonyl (C=O) groups excluding carboxylic acids is 1. The minimum absolute atomic E-state index is 0.0754. The number of ether oxygens (including phenoxy) is 1. The number of hydrogen-bond acceptors (Lipinski definition) is 7. The summed E-state index contributed by atoms with van der Waals surface area (Å²) in [5.74, 6) is -1.46. The fourth-order valence-electron chi connectivity index (χ4n) is 3.56. The van der Waals surface area contributed by atoms with Gasteiger partial charge in [0.1, 0.15) is 11.5 Å². The number of ketones is 1. The van der Waals surface area contributed by atoms with Crippen LogP contribution in [0.25, 0.3) is 0 Å². The predicted octanol–water partition coefficient (Wildman–Crippen LogP) is 3.84. The van der Waals surface area contributed by atoms with Gasteiger partial charge >= 0.3 is 5.97 Å². The van der Waals surface area contributed by atoms with Gasteiger partial charge in [0, 0.05) is 19.5 Å². The molecule has 3 rings (SSSR count).